The molecule has 8 heteroatoms. The lowest BCUT2D eigenvalue weighted by molar-refractivity contribution is -0.139. The van der Waals surface area contributed by atoms with Gasteiger partial charge in [0.25, 0.3) is 11.8 Å². The molecule has 0 N–H and O–H groups in total. The molecule has 8 nitrogen and oxygen atoms in total. The average Bonchev–Trinajstić information content (AvgIpc) is 3.47. The fourth-order valence-corrected chi connectivity index (χ4v) is 4.81. The van der Waals surface area contributed by atoms with Gasteiger partial charge in [-0.1, -0.05) is 24.3 Å². The lowest BCUT2D eigenvalue weighted by Gasteiger charge is -2.37. The number of para-hydroxylation sites is 1. The van der Waals surface area contributed by atoms with Crippen molar-refractivity contribution in [3.63, 3.8) is 0 Å². The van der Waals surface area contributed by atoms with Gasteiger partial charge >= 0.3 is 0 Å². The van der Waals surface area contributed by atoms with Gasteiger partial charge in [0.15, 0.2) is 0 Å². The van der Waals surface area contributed by atoms with Gasteiger partial charge in [-0.05, 0) is 31.0 Å². The Kier molecular flexibility index (Phi) is 6.00. The van der Waals surface area contributed by atoms with E-state index in [0.29, 0.717) is 55.4 Å². The maximum atomic E-state index is 13.6. The Morgan fingerprint density at radius 2 is 1.76 bits per heavy atom. The standard InChI is InChI=1S/C25H28N4O4/c1-32-20-9-3-2-8-19(20)22-23(25(31)29(24(22)30)17-18-7-6-16-33-18)28-14-12-27(13-15-28)21-10-4-5-11-26-21/h2-5,8-11,18H,6-7,12-17H2,1H3. The highest BCUT2D eigenvalue weighted by Crippen LogP contribution is 2.37. The molecule has 33 heavy (non-hydrogen) atoms. The number of piperazine rings is 1. The summed E-state index contributed by atoms with van der Waals surface area (Å²) in [7, 11) is 1.58. The average molecular weight is 449 g/mol. The van der Waals surface area contributed by atoms with E-state index in [2.05, 4.69) is 9.88 Å². The first-order valence-corrected chi connectivity index (χ1v) is 11.4. The summed E-state index contributed by atoms with van der Waals surface area (Å²) in [5.41, 5.74) is 1.53. The molecule has 1 unspecified atom stereocenters. The minimum atomic E-state index is -0.276. The van der Waals surface area contributed by atoms with Crippen molar-refractivity contribution in [3.05, 3.63) is 59.9 Å². The lowest BCUT2D eigenvalue weighted by atomic mass is 10.0. The molecule has 172 valence electrons. The predicted molar refractivity (Wildman–Crippen MR) is 124 cm³/mol. The van der Waals surface area contributed by atoms with E-state index in [1.165, 1.54) is 4.90 Å². The maximum Gasteiger partial charge on any atom is 0.277 e. The molecular formula is C25H28N4O4. The summed E-state index contributed by atoms with van der Waals surface area (Å²) in [5.74, 6) is 0.979. The van der Waals surface area contributed by atoms with E-state index in [-0.39, 0.29) is 24.5 Å². The Labute approximate surface area is 193 Å². The van der Waals surface area contributed by atoms with Crippen molar-refractivity contribution in [2.24, 2.45) is 0 Å². The number of ether oxygens (including phenoxy) is 2. The summed E-state index contributed by atoms with van der Waals surface area (Å²) in [6, 6.07) is 13.2. The van der Waals surface area contributed by atoms with Crippen molar-refractivity contribution >= 4 is 23.2 Å². The number of carbonyl (C=O) groups excluding carboxylic acids is 2. The number of methoxy groups -OCH3 is 1. The summed E-state index contributed by atoms with van der Waals surface area (Å²) in [6.07, 6.45) is 3.50. The highest BCUT2D eigenvalue weighted by Gasteiger charge is 2.44. The van der Waals surface area contributed by atoms with Gasteiger partial charge in [0.05, 0.1) is 25.3 Å². The molecular weight excluding hydrogens is 420 g/mol. The van der Waals surface area contributed by atoms with Crippen molar-refractivity contribution in [2.45, 2.75) is 18.9 Å². The summed E-state index contributed by atoms with van der Waals surface area (Å²) in [6.45, 7) is 3.64. The smallest absolute Gasteiger partial charge is 0.277 e. The van der Waals surface area contributed by atoms with Crippen LogP contribution in [-0.2, 0) is 14.3 Å². The number of amides is 2. The van der Waals surface area contributed by atoms with E-state index in [9.17, 15) is 9.59 Å². The second kappa shape index (κ2) is 9.23. The van der Waals surface area contributed by atoms with Gasteiger partial charge < -0.3 is 19.3 Å². The van der Waals surface area contributed by atoms with Crippen LogP contribution in [0, 0.1) is 0 Å². The molecule has 2 saturated heterocycles. The summed E-state index contributed by atoms with van der Waals surface area (Å²) in [5, 5.41) is 0. The van der Waals surface area contributed by atoms with Crippen molar-refractivity contribution in [3.8, 4) is 5.75 Å². The Balaban J connectivity index is 1.46. The fraction of sp³-hybridized carbons (Fsp3) is 0.400. The number of pyridine rings is 1. The van der Waals surface area contributed by atoms with Gasteiger partial charge in [0.2, 0.25) is 0 Å². The van der Waals surface area contributed by atoms with Crippen LogP contribution < -0.4 is 9.64 Å². The molecule has 0 spiro atoms. The van der Waals surface area contributed by atoms with Crippen molar-refractivity contribution in [1.29, 1.82) is 0 Å². The molecule has 2 amide bonds. The highest BCUT2D eigenvalue weighted by atomic mass is 16.5. The van der Waals surface area contributed by atoms with Gasteiger partial charge in [0, 0.05) is 44.5 Å². The molecule has 0 aliphatic carbocycles. The number of imide groups is 1. The van der Waals surface area contributed by atoms with E-state index < -0.39 is 0 Å². The van der Waals surface area contributed by atoms with E-state index in [1.54, 1.807) is 13.3 Å². The summed E-state index contributed by atoms with van der Waals surface area (Å²) >= 11 is 0. The van der Waals surface area contributed by atoms with Crippen LogP contribution in [0.1, 0.15) is 18.4 Å². The minimum Gasteiger partial charge on any atom is -0.496 e. The Morgan fingerprint density at radius 3 is 2.45 bits per heavy atom. The zero-order valence-corrected chi connectivity index (χ0v) is 18.8. The first-order chi connectivity index (χ1) is 16.2. The minimum absolute atomic E-state index is 0.0998. The first-order valence-electron chi connectivity index (χ1n) is 11.4. The van der Waals surface area contributed by atoms with Gasteiger partial charge in [-0.2, -0.15) is 0 Å². The van der Waals surface area contributed by atoms with Crippen LogP contribution in [0.3, 0.4) is 0 Å². The number of aromatic nitrogens is 1. The van der Waals surface area contributed by atoms with E-state index in [0.717, 1.165) is 18.7 Å². The number of rotatable bonds is 6. The third kappa shape index (κ3) is 4.06. The summed E-state index contributed by atoms with van der Waals surface area (Å²) < 4.78 is 11.3. The monoisotopic (exact) mass is 448 g/mol. The van der Waals surface area contributed by atoms with E-state index in [4.69, 9.17) is 9.47 Å². The number of hydrogen-bond acceptors (Lipinski definition) is 7. The Hall–Kier alpha value is -3.39. The highest BCUT2D eigenvalue weighted by molar-refractivity contribution is 6.36. The molecule has 1 aromatic heterocycles. The zero-order valence-electron chi connectivity index (χ0n) is 18.8. The van der Waals surface area contributed by atoms with Crippen LogP contribution in [0.4, 0.5) is 5.82 Å². The van der Waals surface area contributed by atoms with Gasteiger partial charge in [-0.3, -0.25) is 14.5 Å². The number of hydrogen-bond donors (Lipinski definition) is 0. The van der Waals surface area contributed by atoms with Crippen LogP contribution in [0.15, 0.2) is 54.4 Å². The van der Waals surface area contributed by atoms with Crippen molar-refractivity contribution < 1.29 is 19.1 Å². The molecule has 1 aromatic carbocycles. The lowest BCUT2D eigenvalue weighted by Crippen LogP contribution is -2.48. The topological polar surface area (TPSA) is 75.2 Å². The predicted octanol–water partition coefficient (Wildman–Crippen LogP) is 2.17. The SMILES string of the molecule is COc1ccccc1C1=C(N2CCN(c3ccccn3)CC2)C(=O)N(CC2CCCO2)C1=O. The van der Waals surface area contributed by atoms with E-state index >= 15 is 0 Å². The molecule has 5 rings (SSSR count). The molecule has 1 atom stereocenters. The number of carbonyl (C=O) groups is 2. The zero-order chi connectivity index (χ0) is 22.8. The van der Waals surface area contributed by atoms with Gasteiger partial charge in [0.1, 0.15) is 17.3 Å². The van der Waals surface area contributed by atoms with Crippen LogP contribution in [0.2, 0.25) is 0 Å². The molecule has 0 saturated carbocycles. The Morgan fingerprint density at radius 1 is 1.00 bits per heavy atom. The largest absolute Gasteiger partial charge is 0.496 e. The third-order valence-electron chi connectivity index (χ3n) is 6.50. The van der Waals surface area contributed by atoms with Crippen LogP contribution >= 0.6 is 0 Å². The fourth-order valence-electron chi connectivity index (χ4n) is 4.81. The maximum absolute atomic E-state index is 13.6. The molecule has 3 aliphatic heterocycles. The number of nitrogens with zero attached hydrogens (tertiary/aromatic N) is 4. The van der Waals surface area contributed by atoms with Crippen LogP contribution in [0.5, 0.6) is 5.75 Å². The number of benzene rings is 1. The van der Waals surface area contributed by atoms with Crippen molar-refractivity contribution in [1.82, 2.24) is 14.8 Å². The molecule has 4 heterocycles. The molecule has 0 radical (unpaired) electrons. The second-order valence-corrected chi connectivity index (χ2v) is 8.44. The third-order valence-corrected chi connectivity index (χ3v) is 6.50. The molecule has 3 aliphatic rings. The quantitative estimate of drug-likeness (QED) is 0.627. The van der Waals surface area contributed by atoms with Crippen molar-refractivity contribution in [2.75, 3.05) is 51.3 Å². The first kappa shape index (κ1) is 21.5. The molecule has 0 bridgehead atoms. The van der Waals surface area contributed by atoms with Gasteiger partial charge in [-0.15, -0.1) is 0 Å². The number of anilines is 1. The second-order valence-electron chi connectivity index (χ2n) is 8.44. The molecule has 2 aromatic rings. The van der Waals surface area contributed by atoms with Crippen LogP contribution in [0.25, 0.3) is 5.57 Å². The normalized spacial score (nSPS) is 21.4. The van der Waals surface area contributed by atoms with E-state index in [1.807, 2.05) is 47.4 Å². The Bertz CT molecular complexity index is 1060. The summed E-state index contributed by atoms with van der Waals surface area (Å²) in [4.78, 5) is 37.3. The van der Waals surface area contributed by atoms with Crippen LogP contribution in [-0.4, -0.2) is 79.1 Å². The molecule has 2 fully saturated rings. The van der Waals surface area contributed by atoms with Gasteiger partial charge in [-0.25, -0.2) is 4.98 Å².